The third kappa shape index (κ3) is 4.62. The lowest BCUT2D eigenvalue weighted by Crippen LogP contribution is -2.50. The molecular weight excluding hydrogens is 422 g/mol. The van der Waals surface area contributed by atoms with Gasteiger partial charge in [0.25, 0.3) is 0 Å². The highest BCUT2D eigenvalue weighted by Crippen LogP contribution is 2.33. The maximum absolute atomic E-state index is 13.0. The van der Waals surface area contributed by atoms with Crippen LogP contribution in [-0.4, -0.2) is 49.6 Å². The summed E-state index contributed by atoms with van der Waals surface area (Å²) >= 11 is 1.65. The number of hydrogen-bond donors (Lipinski definition) is 3. The fraction of sp³-hybridized carbons (Fsp3) is 0.458. The summed E-state index contributed by atoms with van der Waals surface area (Å²) < 4.78 is 0. The van der Waals surface area contributed by atoms with Crippen molar-refractivity contribution in [3.05, 3.63) is 58.7 Å². The van der Waals surface area contributed by atoms with Crippen LogP contribution in [0.3, 0.4) is 0 Å². The third-order valence-corrected chi connectivity index (χ3v) is 7.06. The Morgan fingerprint density at radius 2 is 2.03 bits per heavy atom. The molecule has 170 valence electrons. The van der Waals surface area contributed by atoms with E-state index in [9.17, 15) is 9.90 Å². The van der Waals surface area contributed by atoms with Crippen LogP contribution in [0.2, 0.25) is 0 Å². The van der Waals surface area contributed by atoms with Gasteiger partial charge in [0.1, 0.15) is 5.82 Å². The number of nitrogens with one attached hydrogen (secondary N) is 1. The minimum absolute atomic E-state index is 0.147. The third-order valence-electron chi connectivity index (χ3n) is 6.08. The molecule has 2 aromatic heterocycles. The molecule has 0 spiro atoms. The topological polar surface area (TPSA) is 108 Å². The number of likely N-dealkylation sites (tertiary alicyclic amines) is 1. The summed E-state index contributed by atoms with van der Waals surface area (Å²) in [5.74, 6) is 0.550. The number of benzene rings is 1. The molecular formula is C24H31N5O2S. The van der Waals surface area contributed by atoms with Crippen LogP contribution in [-0.2, 0) is 11.2 Å². The highest BCUT2D eigenvalue weighted by atomic mass is 32.1. The van der Waals surface area contributed by atoms with Gasteiger partial charge in [-0.2, -0.15) is 0 Å². The Kier molecular flexibility index (Phi) is 6.20. The number of amides is 1. The highest BCUT2D eigenvalue weighted by molar-refractivity contribution is 7.13. The van der Waals surface area contributed by atoms with Crippen molar-refractivity contribution in [1.82, 2.24) is 19.9 Å². The monoisotopic (exact) mass is 453 g/mol. The predicted octanol–water partition coefficient (Wildman–Crippen LogP) is 3.44. The van der Waals surface area contributed by atoms with E-state index in [2.05, 4.69) is 39.2 Å². The van der Waals surface area contributed by atoms with Gasteiger partial charge in [-0.05, 0) is 23.5 Å². The van der Waals surface area contributed by atoms with Crippen molar-refractivity contribution in [2.75, 3.05) is 6.54 Å². The molecule has 8 heteroatoms. The molecule has 1 aromatic carbocycles. The minimum atomic E-state index is -0.634. The number of aliphatic hydroxyl groups excluding tert-OH is 1. The van der Waals surface area contributed by atoms with Crippen molar-refractivity contribution in [3.63, 3.8) is 0 Å². The molecule has 0 radical (unpaired) electrons. The van der Waals surface area contributed by atoms with Gasteiger partial charge in [-0.25, -0.2) is 9.97 Å². The van der Waals surface area contributed by atoms with Crippen LogP contribution in [0.25, 0.3) is 10.4 Å². The zero-order valence-corrected chi connectivity index (χ0v) is 19.8. The number of H-pyrrole nitrogens is 1. The number of imidazole rings is 1. The molecule has 0 saturated carbocycles. The van der Waals surface area contributed by atoms with Crippen molar-refractivity contribution in [2.45, 2.75) is 58.7 Å². The molecule has 3 atom stereocenters. The van der Waals surface area contributed by atoms with Crippen LogP contribution in [0.15, 0.2) is 36.0 Å². The Morgan fingerprint density at radius 1 is 1.31 bits per heavy atom. The smallest absolute Gasteiger partial charge is 0.240 e. The maximum atomic E-state index is 13.0. The average molecular weight is 454 g/mol. The van der Waals surface area contributed by atoms with Crippen LogP contribution >= 0.6 is 11.3 Å². The SMILES string of the molecule is Cc1ncsc1-c1ccc(Cc2cnc([C@@H]3C[C@@H](O)CN3C(=O)C(N)C(C)(C)C)[nH]2)cc1. The Hall–Kier alpha value is -2.55. The van der Waals surface area contributed by atoms with E-state index >= 15 is 0 Å². The number of aromatic amines is 1. The van der Waals surface area contributed by atoms with Gasteiger partial charge < -0.3 is 20.7 Å². The van der Waals surface area contributed by atoms with Crippen LogP contribution < -0.4 is 5.73 Å². The van der Waals surface area contributed by atoms with Crippen molar-refractivity contribution in [2.24, 2.45) is 11.1 Å². The van der Waals surface area contributed by atoms with E-state index < -0.39 is 12.1 Å². The highest BCUT2D eigenvalue weighted by Gasteiger charge is 2.41. The summed E-state index contributed by atoms with van der Waals surface area (Å²) in [5.41, 5.74) is 12.1. The number of nitrogens with zero attached hydrogens (tertiary/aromatic N) is 3. The molecule has 1 fully saturated rings. The van der Waals surface area contributed by atoms with E-state index in [0.29, 0.717) is 18.7 Å². The molecule has 1 amide bonds. The molecule has 3 aromatic rings. The Morgan fingerprint density at radius 3 is 2.66 bits per heavy atom. The normalized spacial score (nSPS) is 20.0. The summed E-state index contributed by atoms with van der Waals surface area (Å²) in [6.07, 6.45) is 2.40. The van der Waals surface area contributed by atoms with E-state index in [1.54, 1.807) is 16.2 Å². The molecule has 1 saturated heterocycles. The van der Waals surface area contributed by atoms with Gasteiger partial charge in [0.15, 0.2) is 0 Å². The minimum Gasteiger partial charge on any atom is -0.391 e. The van der Waals surface area contributed by atoms with Crippen LogP contribution in [0.4, 0.5) is 0 Å². The van der Waals surface area contributed by atoms with E-state index in [-0.39, 0.29) is 23.9 Å². The van der Waals surface area contributed by atoms with Gasteiger partial charge >= 0.3 is 0 Å². The number of rotatable bonds is 5. The number of aromatic nitrogens is 3. The molecule has 1 aliphatic rings. The lowest BCUT2D eigenvalue weighted by atomic mass is 9.86. The van der Waals surface area contributed by atoms with E-state index in [4.69, 9.17) is 5.73 Å². The molecule has 7 nitrogen and oxygen atoms in total. The molecule has 0 bridgehead atoms. The largest absolute Gasteiger partial charge is 0.391 e. The van der Waals surface area contributed by atoms with E-state index in [0.717, 1.165) is 11.4 Å². The Bertz CT molecular complexity index is 1080. The second kappa shape index (κ2) is 8.77. The maximum Gasteiger partial charge on any atom is 0.240 e. The molecule has 4 N–H and O–H groups in total. The first-order valence-corrected chi connectivity index (χ1v) is 11.8. The molecule has 1 aliphatic heterocycles. The number of hydrogen-bond acceptors (Lipinski definition) is 6. The summed E-state index contributed by atoms with van der Waals surface area (Å²) in [6, 6.07) is 7.55. The number of thiazole rings is 1. The van der Waals surface area contributed by atoms with E-state index in [1.807, 2.05) is 39.4 Å². The van der Waals surface area contributed by atoms with Gasteiger partial charge in [-0.15, -0.1) is 11.3 Å². The molecule has 32 heavy (non-hydrogen) atoms. The number of nitrogens with two attached hydrogens (primary N) is 1. The average Bonchev–Trinajstić information content (AvgIpc) is 3.47. The molecule has 3 heterocycles. The zero-order chi connectivity index (χ0) is 23.0. The molecule has 4 rings (SSSR count). The number of aliphatic hydroxyl groups is 1. The fourth-order valence-electron chi connectivity index (χ4n) is 4.07. The first-order chi connectivity index (χ1) is 15.1. The quantitative estimate of drug-likeness (QED) is 0.548. The lowest BCUT2D eigenvalue weighted by Gasteiger charge is -2.32. The predicted molar refractivity (Wildman–Crippen MR) is 126 cm³/mol. The lowest BCUT2D eigenvalue weighted by molar-refractivity contribution is -0.136. The first kappa shape index (κ1) is 22.6. The van der Waals surface area contributed by atoms with E-state index in [1.165, 1.54) is 16.0 Å². The molecule has 0 aliphatic carbocycles. The summed E-state index contributed by atoms with van der Waals surface area (Å²) in [4.78, 5) is 28.1. The van der Waals surface area contributed by atoms with Gasteiger partial charge in [-0.1, -0.05) is 45.0 Å². The standard InChI is InChI=1S/C24H31N5O2S/c1-14-20(32-13-27-14)16-7-5-15(6-8-16)9-17-11-26-22(28-17)19-10-18(30)12-29(19)23(31)21(25)24(2,3)4/h5-8,11,13,18-19,21,30H,9-10,12,25H2,1-4H3,(H,26,28)/t18-,19+,21?/m1/s1. The van der Waals surface area contributed by atoms with Gasteiger partial charge in [0.2, 0.25) is 5.91 Å². The second-order valence-corrected chi connectivity index (χ2v) is 10.5. The van der Waals surface area contributed by atoms with Crippen LogP contribution in [0.1, 0.15) is 56.0 Å². The Balaban J connectivity index is 1.48. The van der Waals surface area contributed by atoms with Crippen molar-refractivity contribution in [1.29, 1.82) is 0 Å². The number of aryl methyl sites for hydroxylation is 1. The van der Waals surface area contributed by atoms with Crippen molar-refractivity contribution < 1.29 is 9.90 Å². The Labute approximate surface area is 192 Å². The zero-order valence-electron chi connectivity index (χ0n) is 19.0. The number of carbonyl (C=O) groups is 1. The van der Waals surface area contributed by atoms with Crippen molar-refractivity contribution in [3.8, 4) is 10.4 Å². The van der Waals surface area contributed by atoms with Crippen molar-refractivity contribution >= 4 is 17.2 Å². The van der Waals surface area contributed by atoms with Crippen LogP contribution in [0, 0.1) is 12.3 Å². The summed E-state index contributed by atoms with van der Waals surface area (Å²) in [7, 11) is 0. The van der Waals surface area contributed by atoms with Gasteiger partial charge in [0.05, 0.1) is 34.3 Å². The summed E-state index contributed by atoms with van der Waals surface area (Å²) in [6.45, 7) is 8.15. The van der Waals surface area contributed by atoms with Gasteiger partial charge in [0, 0.05) is 31.3 Å². The number of β-amino-alcohol motifs (C(OH)–C–C–N with tert-alkyl or cyclic N) is 1. The first-order valence-electron chi connectivity index (χ1n) is 10.9. The number of carbonyl (C=O) groups excluding carboxylic acids is 1. The summed E-state index contributed by atoms with van der Waals surface area (Å²) in [5, 5.41) is 10.3. The molecule has 1 unspecified atom stereocenters. The van der Waals surface area contributed by atoms with Gasteiger partial charge in [-0.3, -0.25) is 4.79 Å². The fourth-order valence-corrected chi connectivity index (χ4v) is 4.89. The van der Waals surface area contributed by atoms with Crippen LogP contribution in [0.5, 0.6) is 0 Å². The second-order valence-electron chi connectivity index (χ2n) is 9.67.